The quantitative estimate of drug-likeness (QED) is 0.725. The van der Waals surface area contributed by atoms with Gasteiger partial charge in [0.15, 0.2) is 4.77 Å². The average Bonchev–Trinajstić information content (AvgIpc) is 2.88. The van der Waals surface area contributed by atoms with Crippen LogP contribution in [0.3, 0.4) is 0 Å². The Balaban J connectivity index is 1.91. The molecule has 1 aromatic heterocycles. The lowest BCUT2D eigenvalue weighted by atomic mass is 10.1. The van der Waals surface area contributed by atoms with Crippen molar-refractivity contribution in [3.05, 3.63) is 75.8 Å². The number of halogens is 1. The van der Waals surface area contributed by atoms with E-state index in [4.69, 9.17) is 23.8 Å². The van der Waals surface area contributed by atoms with E-state index in [1.54, 1.807) is 0 Å². The number of aromatic nitrogens is 3. The Bertz CT molecular complexity index is 793. The number of H-pyrrole nitrogens is 1. The maximum absolute atomic E-state index is 6.27. The predicted octanol–water partition coefficient (Wildman–Crippen LogP) is 4.37. The molecule has 2 aromatic carbocycles. The van der Waals surface area contributed by atoms with E-state index >= 15 is 0 Å². The molecular formula is C16H14ClN3S. The van der Waals surface area contributed by atoms with E-state index in [0.29, 0.717) is 9.79 Å². The van der Waals surface area contributed by atoms with E-state index in [1.807, 2.05) is 47.0 Å². The molecule has 106 valence electrons. The molecule has 0 aliphatic carbocycles. The number of hydrogen-bond donors (Lipinski definition) is 1. The van der Waals surface area contributed by atoms with Gasteiger partial charge in [0.1, 0.15) is 5.82 Å². The minimum atomic E-state index is 0.561. The third-order valence-electron chi connectivity index (χ3n) is 3.32. The van der Waals surface area contributed by atoms with Gasteiger partial charge in [-0.3, -0.25) is 9.67 Å². The number of aryl methyl sites for hydroxylation is 2. The molecule has 3 rings (SSSR count). The van der Waals surface area contributed by atoms with Gasteiger partial charge in [0.2, 0.25) is 0 Å². The summed E-state index contributed by atoms with van der Waals surface area (Å²) in [7, 11) is 0. The van der Waals surface area contributed by atoms with Crippen molar-refractivity contribution < 1.29 is 0 Å². The first-order valence-electron chi connectivity index (χ1n) is 6.71. The van der Waals surface area contributed by atoms with Crippen molar-refractivity contribution in [3.8, 4) is 5.69 Å². The molecule has 3 nitrogen and oxygen atoms in total. The Morgan fingerprint density at radius 2 is 1.71 bits per heavy atom. The van der Waals surface area contributed by atoms with Crippen LogP contribution in [0.25, 0.3) is 5.69 Å². The molecule has 3 aromatic rings. The molecule has 21 heavy (non-hydrogen) atoms. The summed E-state index contributed by atoms with van der Waals surface area (Å²) in [5, 5.41) is 7.85. The van der Waals surface area contributed by atoms with Crippen molar-refractivity contribution in [1.29, 1.82) is 0 Å². The third-order valence-corrected chi connectivity index (χ3v) is 3.91. The fraction of sp³-hybridized carbons (Fsp3) is 0.125. The van der Waals surface area contributed by atoms with Crippen LogP contribution < -0.4 is 0 Å². The maximum Gasteiger partial charge on any atom is 0.199 e. The van der Waals surface area contributed by atoms with E-state index in [9.17, 15) is 0 Å². The van der Waals surface area contributed by atoms with Crippen molar-refractivity contribution in [3.63, 3.8) is 0 Å². The van der Waals surface area contributed by atoms with Crippen LogP contribution in [0, 0.1) is 4.77 Å². The van der Waals surface area contributed by atoms with Crippen LogP contribution in [0.1, 0.15) is 11.4 Å². The monoisotopic (exact) mass is 315 g/mol. The van der Waals surface area contributed by atoms with Crippen LogP contribution in [-0.4, -0.2) is 14.8 Å². The molecule has 0 bridgehead atoms. The van der Waals surface area contributed by atoms with E-state index in [0.717, 1.165) is 24.4 Å². The van der Waals surface area contributed by atoms with Gasteiger partial charge in [-0.05, 0) is 36.3 Å². The molecule has 0 radical (unpaired) electrons. The van der Waals surface area contributed by atoms with E-state index in [-0.39, 0.29) is 0 Å². The maximum atomic E-state index is 6.27. The van der Waals surface area contributed by atoms with Crippen LogP contribution in [0.5, 0.6) is 0 Å². The molecule has 0 atom stereocenters. The van der Waals surface area contributed by atoms with Crippen molar-refractivity contribution >= 4 is 23.8 Å². The highest BCUT2D eigenvalue weighted by molar-refractivity contribution is 7.71. The molecule has 0 saturated heterocycles. The highest BCUT2D eigenvalue weighted by Crippen LogP contribution is 2.21. The molecule has 1 heterocycles. The standard InChI is InChI=1S/C16H14ClN3S/c17-13-8-4-5-9-14(13)20-15(18-19-16(20)21)11-10-12-6-2-1-3-7-12/h1-9H,10-11H2,(H,19,21). The fourth-order valence-electron chi connectivity index (χ4n) is 2.28. The fourth-order valence-corrected chi connectivity index (χ4v) is 2.75. The van der Waals surface area contributed by atoms with E-state index < -0.39 is 0 Å². The van der Waals surface area contributed by atoms with Crippen molar-refractivity contribution in [2.24, 2.45) is 0 Å². The Morgan fingerprint density at radius 3 is 2.48 bits per heavy atom. The Kier molecular flexibility index (Phi) is 4.18. The summed E-state index contributed by atoms with van der Waals surface area (Å²) < 4.78 is 2.46. The highest BCUT2D eigenvalue weighted by atomic mass is 35.5. The molecule has 1 N–H and O–H groups in total. The Labute approximate surface area is 133 Å². The summed E-state index contributed by atoms with van der Waals surface area (Å²) >= 11 is 11.6. The van der Waals surface area contributed by atoms with E-state index in [2.05, 4.69) is 22.3 Å². The minimum Gasteiger partial charge on any atom is -0.271 e. The van der Waals surface area contributed by atoms with Crippen molar-refractivity contribution in [2.45, 2.75) is 12.8 Å². The first kappa shape index (κ1) is 14.0. The number of hydrogen-bond acceptors (Lipinski definition) is 2. The molecule has 0 unspecified atom stereocenters. The number of rotatable bonds is 4. The predicted molar refractivity (Wildman–Crippen MR) is 87.6 cm³/mol. The van der Waals surface area contributed by atoms with Gasteiger partial charge in [0.05, 0.1) is 10.7 Å². The SMILES string of the molecule is S=c1[nH]nc(CCc2ccccc2)n1-c1ccccc1Cl. The van der Waals surface area contributed by atoms with Gasteiger partial charge < -0.3 is 0 Å². The molecular weight excluding hydrogens is 302 g/mol. The Morgan fingerprint density at radius 1 is 1.00 bits per heavy atom. The average molecular weight is 316 g/mol. The largest absolute Gasteiger partial charge is 0.271 e. The normalized spacial score (nSPS) is 10.7. The lowest BCUT2D eigenvalue weighted by Crippen LogP contribution is -2.04. The van der Waals surface area contributed by atoms with Gasteiger partial charge in [-0.25, -0.2) is 0 Å². The second kappa shape index (κ2) is 6.24. The lowest BCUT2D eigenvalue weighted by molar-refractivity contribution is 0.820. The first-order valence-corrected chi connectivity index (χ1v) is 7.49. The number of nitrogens with one attached hydrogen (secondary N) is 1. The van der Waals surface area contributed by atoms with Crippen LogP contribution in [-0.2, 0) is 12.8 Å². The van der Waals surface area contributed by atoms with Crippen molar-refractivity contribution in [1.82, 2.24) is 14.8 Å². The summed E-state index contributed by atoms with van der Waals surface area (Å²) in [5.41, 5.74) is 2.14. The van der Waals surface area contributed by atoms with Crippen LogP contribution in [0.2, 0.25) is 5.02 Å². The zero-order chi connectivity index (χ0) is 14.7. The van der Waals surface area contributed by atoms with Gasteiger partial charge in [0.25, 0.3) is 0 Å². The summed E-state index contributed by atoms with van der Waals surface area (Å²) in [6.07, 6.45) is 1.70. The minimum absolute atomic E-state index is 0.561. The van der Waals surface area contributed by atoms with Crippen LogP contribution >= 0.6 is 23.8 Å². The first-order chi connectivity index (χ1) is 10.3. The number of nitrogens with zero attached hydrogens (tertiary/aromatic N) is 2. The molecule has 0 spiro atoms. The lowest BCUT2D eigenvalue weighted by Gasteiger charge is -2.08. The molecule has 0 aliphatic rings. The Hall–Kier alpha value is -1.91. The van der Waals surface area contributed by atoms with Gasteiger partial charge >= 0.3 is 0 Å². The smallest absolute Gasteiger partial charge is 0.199 e. The second-order valence-electron chi connectivity index (χ2n) is 4.72. The zero-order valence-corrected chi connectivity index (χ0v) is 12.9. The molecule has 0 aliphatic heterocycles. The summed E-state index contributed by atoms with van der Waals surface area (Å²) in [4.78, 5) is 0. The number of aromatic amines is 1. The van der Waals surface area contributed by atoms with Gasteiger partial charge in [-0.15, -0.1) is 0 Å². The number of para-hydroxylation sites is 1. The molecule has 0 amide bonds. The van der Waals surface area contributed by atoms with Crippen molar-refractivity contribution in [2.75, 3.05) is 0 Å². The second-order valence-corrected chi connectivity index (χ2v) is 5.51. The topological polar surface area (TPSA) is 33.6 Å². The summed E-state index contributed by atoms with van der Waals surface area (Å²) in [5.74, 6) is 0.886. The summed E-state index contributed by atoms with van der Waals surface area (Å²) in [6.45, 7) is 0. The van der Waals surface area contributed by atoms with Gasteiger partial charge in [-0.2, -0.15) is 5.10 Å². The van der Waals surface area contributed by atoms with Gasteiger partial charge in [-0.1, -0.05) is 54.1 Å². The van der Waals surface area contributed by atoms with Crippen LogP contribution in [0.4, 0.5) is 0 Å². The van der Waals surface area contributed by atoms with E-state index in [1.165, 1.54) is 5.56 Å². The summed E-state index contributed by atoms with van der Waals surface area (Å²) in [6, 6.07) is 18.0. The third kappa shape index (κ3) is 3.06. The zero-order valence-electron chi connectivity index (χ0n) is 11.3. The highest BCUT2D eigenvalue weighted by Gasteiger charge is 2.10. The molecule has 5 heteroatoms. The van der Waals surface area contributed by atoms with Crippen LogP contribution in [0.15, 0.2) is 54.6 Å². The molecule has 0 saturated carbocycles. The number of benzene rings is 2. The van der Waals surface area contributed by atoms with Gasteiger partial charge in [0, 0.05) is 6.42 Å². The molecule has 0 fully saturated rings.